The topological polar surface area (TPSA) is 55.8 Å². The van der Waals surface area contributed by atoms with Gasteiger partial charge in [-0.05, 0) is 32.9 Å². The van der Waals surface area contributed by atoms with Gasteiger partial charge in [0.15, 0.2) is 0 Å². The maximum atomic E-state index is 11.3. The van der Waals surface area contributed by atoms with Gasteiger partial charge in [0.1, 0.15) is 5.54 Å². The van der Waals surface area contributed by atoms with Crippen molar-refractivity contribution in [1.29, 1.82) is 0 Å². The molecule has 112 valence electrons. The minimum absolute atomic E-state index is 0.657. The summed E-state index contributed by atoms with van der Waals surface area (Å²) in [6.07, 6.45) is 1.86. The van der Waals surface area contributed by atoms with Crippen LogP contribution in [0.3, 0.4) is 0 Å². The molecule has 1 aliphatic heterocycles. The lowest BCUT2D eigenvalue weighted by Crippen LogP contribution is -2.53. The number of aliphatic carboxylic acids is 1. The fourth-order valence-corrected chi connectivity index (χ4v) is 2.60. The zero-order valence-corrected chi connectivity index (χ0v) is 12.6. The second-order valence-electron chi connectivity index (χ2n) is 5.60. The fraction of sp³-hybridized carbons (Fsp3) is 0.929. The van der Waals surface area contributed by atoms with Crippen LogP contribution in [0.15, 0.2) is 0 Å². The Kier molecular flexibility index (Phi) is 6.75. The van der Waals surface area contributed by atoms with Crippen molar-refractivity contribution in [3.8, 4) is 0 Å². The Morgan fingerprint density at radius 1 is 1.16 bits per heavy atom. The predicted octanol–water partition coefficient (Wildman–Crippen LogP) is 0.857. The highest BCUT2D eigenvalue weighted by atomic mass is 16.4. The molecule has 0 saturated carbocycles. The van der Waals surface area contributed by atoms with Crippen LogP contribution in [0.2, 0.25) is 0 Å². The van der Waals surface area contributed by atoms with Gasteiger partial charge in [-0.25, -0.2) is 0 Å². The SMILES string of the molecule is CCCN1CCN(CCC(C)(NCC)C(=O)O)CC1. The van der Waals surface area contributed by atoms with E-state index in [1.807, 2.05) is 6.92 Å². The monoisotopic (exact) mass is 271 g/mol. The summed E-state index contributed by atoms with van der Waals surface area (Å²) in [7, 11) is 0. The van der Waals surface area contributed by atoms with Gasteiger partial charge in [0, 0.05) is 32.7 Å². The Balaban J connectivity index is 2.34. The molecule has 1 aliphatic rings. The number of hydrogen-bond donors (Lipinski definition) is 2. The highest BCUT2D eigenvalue weighted by Gasteiger charge is 2.32. The lowest BCUT2D eigenvalue weighted by Gasteiger charge is -2.36. The summed E-state index contributed by atoms with van der Waals surface area (Å²) < 4.78 is 0. The van der Waals surface area contributed by atoms with Crippen LogP contribution in [-0.2, 0) is 4.79 Å². The molecule has 0 radical (unpaired) electrons. The molecule has 0 aromatic rings. The van der Waals surface area contributed by atoms with Crippen LogP contribution in [0.4, 0.5) is 0 Å². The summed E-state index contributed by atoms with van der Waals surface area (Å²) in [4.78, 5) is 16.2. The first-order chi connectivity index (χ1) is 9.01. The second kappa shape index (κ2) is 7.82. The molecule has 1 unspecified atom stereocenters. The second-order valence-corrected chi connectivity index (χ2v) is 5.60. The van der Waals surface area contributed by atoms with Gasteiger partial charge >= 0.3 is 5.97 Å². The van der Waals surface area contributed by atoms with Crippen LogP contribution in [0.5, 0.6) is 0 Å². The van der Waals surface area contributed by atoms with E-state index >= 15 is 0 Å². The highest BCUT2D eigenvalue weighted by molar-refractivity contribution is 5.78. The Morgan fingerprint density at radius 2 is 1.68 bits per heavy atom. The summed E-state index contributed by atoms with van der Waals surface area (Å²) >= 11 is 0. The molecule has 1 fully saturated rings. The van der Waals surface area contributed by atoms with Gasteiger partial charge < -0.3 is 20.2 Å². The molecule has 1 saturated heterocycles. The first kappa shape index (κ1) is 16.4. The Morgan fingerprint density at radius 3 is 2.11 bits per heavy atom. The normalized spacial score (nSPS) is 21.2. The van der Waals surface area contributed by atoms with Crippen LogP contribution in [0.25, 0.3) is 0 Å². The summed E-state index contributed by atoms with van der Waals surface area (Å²) in [6.45, 7) is 13.0. The number of carbonyl (C=O) groups is 1. The molecule has 0 amide bonds. The molecule has 0 aromatic carbocycles. The lowest BCUT2D eigenvalue weighted by atomic mass is 9.97. The van der Waals surface area contributed by atoms with E-state index in [1.165, 1.54) is 13.0 Å². The third-order valence-corrected chi connectivity index (χ3v) is 3.97. The Bertz CT molecular complexity index is 278. The average molecular weight is 271 g/mol. The quantitative estimate of drug-likeness (QED) is 0.686. The maximum absolute atomic E-state index is 11.3. The van der Waals surface area contributed by atoms with Crippen molar-refractivity contribution in [3.63, 3.8) is 0 Å². The summed E-state index contributed by atoms with van der Waals surface area (Å²) in [6, 6.07) is 0. The third kappa shape index (κ3) is 5.09. The largest absolute Gasteiger partial charge is 0.480 e. The van der Waals surface area contributed by atoms with Crippen molar-refractivity contribution in [2.75, 3.05) is 45.8 Å². The van der Waals surface area contributed by atoms with Crippen LogP contribution in [0, 0.1) is 0 Å². The van der Waals surface area contributed by atoms with Gasteiger partial charge in [0.2, 0.25) is 0 Å². The van der Waals surface area contributed by atoms with E-state index in [9.17, 15) is 9.90 Å². The molecule has 1 heterocycles. The Hall–Kier alpha value is -0.650. The van der Waals surface area contributed by atoms with Crippen LogP contribution in [-0.4, -0.2) is 72.2 Å². The molecule has 0 aliphatic carbocycles. The van der Waals surface area contributed by atoms with Gasteiger partial charge in [0.05, 0.1) is 0 Å². The van der Waals surface area contributed by atoms with E-state index in [-0.39, 0.29) is 0 Å². The number of carboxylic acid groups (broad SMARTS) is 1. The summed E-state index contributed by atoms with van der Waals surface area (Å²) in [5.74, 6) is -0.751. The van der Waals surface area contributed by atoms with Gasteiger partial charge in [-0.15, -0.1) is 0 Å². The van der Waals surface area contributed by atoms with Crippen molar-refractivity contribution in [2.24, 2.45) is 0 Å². The van der Waals surface area contributed by atoms with Crippen LogP contribution >= 0.6 is 0 Å². The van der Waals surface area contributed by atoms with Crippen molar-refractivity contribution >= 4 is 5.97 Å². The van der Waals surface area contributed by atoms with E-state index in [0.717, 1.165) is 32.7 Å². The number of rotatable bonds is 8. The zero-order chi connectivity index (χ0) is 14.3. The van der Waals surface area contributed by atoms with E-state index in [2.05, 4.69) is 22.0 Å². The molecule has 5 heteroatoms. The molecule has 5 nitrogen and oxygen atoms in total. The molecule has 1 atom stereocenters. The first-order valence-electron chi connectivity index (χ1n) is 7.45. The number of carboxylic acids is 1. The molecular weight excluding hydrogens is 242 g/mol. The molecule has 1 rings (SSSR count). The van der Waals surface area contributed by atoms with Crippen LogP contribution < -0.4 is 5.32 Å². The Labute approximate surface area is 117 Å². The number of hydrogen-bond acceptors (Lipinski definition) is 4. The molecule has 2 N–H and O–H groups in total. The van der Waals surface area contributed by atoms with Gasteiger partial charge in [-0.1, -0.05) is 13.8 Å². The molecule has 0 spiro atoms. The molecule has 0 bridgehead atoms. The predicted molar refractivity (Wildman–Crippen MR) is 77.5 cm³/mol. The molecule has 0 aromatic heterocycles. The fourth-order valence-electron chi connectivity index (χ4n) is 2.60. The number of likely N-dealkylation sites (N-methyl/N-ethyl adjacent to an activating group) is 1. The zero-order valence-electron chi connectivity index (χ0n) is 12.6. The summed E-state index contributed by atoms with van der Waals surface area (Å²) in [5.41, 5.74) is -0.796. The number of piperazine rings is 1. The molecular formula is C14H29N3O2. The number of nitrogens with one attached hydrogen (secondary N) is 1. The minimum Gasteiger partial charge on any atom is -0.480 e. The minimum atomic E-state index is -0.796. The van der Waals surface area contributed by atoms with E-state index in [4.69, 9.17) is 0 Å². The highest BCUT2D eigenvalue weighted by Crippen LogP contribution is 2.12. The van der Waals surface area contributed by atoms with E-state index < -0.39 is 11.5 Å². The van der Waals surface area contributed by atoms with Gasteiger partial charge in [0.25, 0.3) is 0 Å². The van der Waals surface area contributed by atoms with Gasteiger partial charge in [-0.2, -0.15) is 0 Å². The maximum Gasteiger partial charge on any atom is 0.323 e. The van der Waals surface area contributed by atoms with Crippen molar-refractivity contribution in [2.45, 2.75) is 39.2 Å². The van der Waals surface area contributed by atoms with E-state index in [1.54, 1.807) is 6.92 Å². The molecule has 19 heavy (non-hydrogen) atoms. The summed E-state index contributed by atoms with van der Waals surface area (Å²) in [5, 5.41) is 12.4. The van der Waals surface area contributed by atoms with Gasteiger partial charge in [-0.3, -0.25) is 4.79 Å². The first-order valence-corrected chi connectivity index (χ1v) is 7.45. The van der Waals surface area contributed by atoms with Crippen molar-refractivity contribution in [1.82, 2.24) is 15.1 Å². The van der Waals surface area contributed by atoms with Crippen molar-refractivity contribution in [3.05, 3.63) is 0 Å². The third-order valence-electron chi connectivity index (χ3n) is 3.97. The lowest BCUT2D eigenvalue weighted by molar-refractivity contribution is -0.144. The average Bonchev–Trinajstić information content (AvgIpc) is 2.38. The van der Waals surface area contributed by atoms with Crippen LogP contribution in [0.1, 0.15) is 33.6 Å². The van der Waals surface area contributed by atoms with Crippen molar-refractivity contribution < 1.29 is 9.90 Å². The standard InChI is InChI=1S/C14H29N3O2/c1-4-7-16-9-11-17(12-10-16)8-6-14(3,13(18)19)15-5-2/h15H,4-12H2,1-3H3,(H,18,19). The smallest absolute Gasteiger partial charge is 0.323 e. The number of nitrogens with zero attached hydrogens (tertiary/aromatic N) is 2. The van der Waals surface area contributed by atoms with E-state index in [0.29, 0.717) is 13.0 Å².